The number of hydrogen-bond donors (Lipinski definition) is 1. The standard InChI is InChI=1S/C17H23FN2O2/c1-12-7-9-19(11-16(12)21)15-6-3-8-20(17(15)22)14-5-2-4-13(18)10-14/h2,4-5,10,12,15-16,21H,3,6-9,11H2,1H3. The summed E-state index contributed by atoms with van der Waals surface area (Å²) in [5.74, 6) is -0.0116. The largest absolute Gasteiger partial charge is 0.392 e. The van der Waals surface area contributed by atoms with Gasteiger partial charge in [-0.3, -0.25) is 9.69 Å². The molecule has 3 unspecified atom stereocenters. The number of β-amino-alcohol motifs (C(OH)–C–C–N with tert-alkyl or cyclic N) is 1. The smallest absolute Gasteiger partial charge is 0.244 e. The second-order valence-electron chi connectivity index (χ2n) is 6.46. The van der Waals surface area contributed by atoms with Gasteiger partial charge in [0.2, 0.25) is 5.91 Å². The maximum atomic E-state index is 13.4. The number of benzene rings is 1. The van der Waals surface area contributed by atoms with Crippen LogP contribution in [0, 0.1) is 11.7 Å². The van der Waals surface area contributed by atoms with Crippen molar-refractivity contribution in [2.45, 2.75) is 38.3 Å². The topological polar surface area (TPSA) is 43.8 Å². The van der Waals surface area contributed by atoms with Crippen molar-refractivity contribution in [2.75, 3.05) is 24.5 Å². The number of anilines is 1. The van der Waals surface area contributed by atoms with Crippen molar-refractivity contribution in [3.05, 3.63) is 30.1 Å². The number of carbonyl (C=O) groups excluding carboxylic acids is 1. The first kappa shape index (κ1) is 15.4. The zero-order valence-electron chi connectivity index (χ0n) is 12.9. The Labute approximate surface area is 130 Å². The molecule has 1 amide bonds. The van der Waals surface area contributed by atoms with Gasteiger partial charge in [0, 0.05) is 18.8 Å². The maximum Gasteiger partial charge on any atom is 0.244 e. The molecule has 2 saturated heterocycles. The monoisotopic (exact) mass is 306 g/mol. The number of aliphatic hydroxyl groups is 1. The lowest BCUT2D eigenvalue weighted by Gasteiger charge is -2.42. The van der Waals surface area contributed by atoms with Crippen molar-refractivity contribution in [3.63, 3.8) is 0 Å². The molecule has 1 aromatic rings. The van der Waals surface area contributed by atoms with Gasteiger partial charge in [0.05, 0.1) is 12.1 Å². The Bertz CT molecular complexity index is 551. The molecule has 22 heavy (non-hydrogen) atoms. The van der Waals surface area contributed by atoms with Gasteiger partial charge in [0.25, 0.3) is 0 Å². The van der Waals surface area contributed by atoms with Crippen molar-refractivity contribution >= 4 is 11.6 Å². The highest BCUT2D eigenvalue weighted by molar-refractivity contribution is 5.97. The molecule has 0 bridgehead atoms. The quantitative estimate of drug-likeness (QED) is 0.909. The predicted molar refractivity (Wildman–Crippen MR) is 83.1 cm³/mol. The third-order valence-corrected chi connectivity index (χ3v) is 4.92. The molecule has 0 aliphatic carbocycles. The number of carbonyl (C=O) groups is 1. The van der Waals surface area contributed by atoms with Crippen LogP contribution in [-0.2, 0) is 4.79 Å². The lowest BCUT2D eigenvalue weighted by atomic mass is 9.92. The van der Waals surface area contributed by atoms with Gasteiger partial charge < -0.3 is 10.0 Å². The van der Waals surface area contributed by atoms with E-state index >= 15 is 0 Å². The zero-order chi connectivity index (χ0) is 15.7. The van der Waals surface area contributed by atoms with Gasteiger partial charge in [-0.25, -0.2) is 4.39 Å². The van der Waals surface area contributed by atoms with E-state index in [4.69, 9.17) is 0 Å². The lowest BCUT2D eigenvalue weighted by Crippen LogP contribution is -2.56. The predicted octanol–water partition coefficient (Wildman–Crippen LogP) is 2.02. The van der Waals surface area contributed by atoms with Crippen molar-refractivity contribution in [1.29, 1.82) is 0 Å². The summed E-state index contributed by atoms with van der Waals surface area (Å²) in [5.41, 5.74) is 0.626. The fourth-order valence-electron chi connectivity index (χ4n) is 3.45. The Morgan fingerprint density at radius 2 is 2.09 bits per heavy atom. The summed E-state index contributed by atoms with van der Waals surface area (Å²) in [5, 5.41) is 10.1. The first-order valence-electron chi connectivity index (χ1n) is 8.05. The summed E-state index contributed by atoms with van der Waals surface area (Å²) in [4.78, 5) is 16.6. The molecule has 1 aromatic carbocycles. The Morgan fingerprint density at radius 3 is 2.82 bits per heavy atom. The average molecular weight is 306 g/mol. The van der Waals surface area contributed by atoms with Gasteiger partial charge >= 0.3 is 0 Å². The number of hydrogen-bond acceptors (Lipinski definition) is 3. The highest BCUT2D eigenvalue weighted by Gasteiger charge is 2.37. The number of aliphatic hydroxyl groups excluding tert-OH is 1. The zero-order valence-corrected chi connectivity index (χ0v) is 12.9. The minimum atomic E-state index is -0.369. The third kappa shape index (κ3) is 3.01. The summed E-state index contributed by atoms with van der Waals surface area (Å²) >= 11 is 0. The SMILES string of the molecule is CC1CCN(C2CCCN(c3cccc(F)c3)C2=O)CC1O. The first-order chi connectivity index (χ1) is 10.6. The van der Waals surface area contributed by atoms with Crippen LogP contribution in [-0.4, -0.2) is 47.7 Å². The van der Waals surface area contributed by atoms with E-state index in [1.807, 2.05) is 6.92 Å². The van der Waals surface area contributed by atoms with Gasteiger partial charge in [0.1, 0.15) is 5.82 Å². The number of piperidine rings is 2. The fraction of sp³-hybridized carbons (Fsp3) is 0.588. The molecular formula is C17H23FN2O2. The third-order valence-electron chi connectivity index (χ3n) is 4.92. The van der Waals surface area contributed by atoms with Crippen molar-refractivity contribution < 1.29 is 14.3 Å². The molecule has 3 atom stereocenters. The fourth-order valence-corrected chi connectivity index (χ4v) is 3.45. The van der Waals surface area contributed by atoms with Crippen LogP contribution in [0.5, 0.6) is 0 Å². The molecule has 4 nitrogen and oxygen atoms in total. The van der Waals surface area contributed by atoms with Crippen LogP contribution in [0.1, 0.15) is 26.2 Å². The molecule has 5 heteroatoms. The molecule has 1 N–H and O–H groups in total. The second kappa shape index (κ2) is 6.34. The number of halogens is 1. The van der Waals surface area contributed by atoms with Gasteiger partial charge in [-0.15, -0.1) is 0 Å². The van der Waals surface area contributed by atoms with Crippen LogP contribution in [0.15, 0.2) is 24.3 Å². The molecular weight excluding hydrogens is 283 g/mol. The van der Waals surface area contributed by atoms with Crippen LogP contribution in [0.2, 0.25) is 0 Å². The van der Waals surface area contributed by atoms with Gasteiger partial charge in [-0.2, -0.15) is 0 Å². The van der Waals surface area contributed by atoms with Crippen molar-refractivity contribution in [3.8, 4) is 0 Å². The Hall–Kier alpha value is -1.46. The summed E-state index contributed by atoms with van der Waals surface area (Å²) < 4.78 is 13.4. The van der Waals surface area contributed by atoms with Gasteiger partial charge in [0.15, 0.2) is 0 Å². The molecule has 3 rings (SSSR count). The van der Waals surface area contributed by atoms with Gasteiger partial charge in [-0.1, -0.05) is 13.0 Å². The number of likely N-dealkylation sites (tertiary alicyclic amines) is 1. The normalized spacial score (nSPS) is 30.6. The van der Waals surface area contributed by atoms with Crippen LogP contribution < -0.4 is 4.90 Å². The first-order valence-corrected chi connectivity index (χ1v) is 8.05. The van der Waals surface area contributed by atoms with E-state index in [0.717, 1.165) is 25.8 Å². The minimum Gasteiger partial charge on any atom is -0.392 e. The summed E-state index contributed by atoms with van der Waals surface area (Å²) in [6.07, 6.45) is 2.25. The van der Waals surface area contributed by atoms with E-state index < -0.39 is 0 Å². The van der Waals surface area contributed by atoms with Crippen LogP contribution >= 0.6 is 0 Å². The maximum absolute atomic E-state index is 13.4. The van der Waals surface area contributed by atoms with E-state index in [2.05, 4.69) is 4.90 Å². The second-order valence-corrected chi connectivity index (χ2v) is 6.46. The van der Waals surface area contributed by atoms with Crippen LogP contribution in [0.3, 0.4) is 0 Å². The summed E-state index contributed by atoms with van der Waals surface area (Å²) in [6.45, 7) is 4.06. The molecule has 2 aliphatic rings. The highest BCUT2D eigenvalue weighted by Crippen LogP contribution is 2.27. The number of amides is 1. The summed E-state index contributed by atoms with van der Waals surface area (Å²) in [7, 11) is 0. The minimum absolute atomic E-state index is 0.0265. The Balaban J connectivity index is 1.75. The van der Waals surface area contributed by atoms with E-state index in [9.17, 15) is 14.3 Å². The molecule has 2 fully saturated rings. The Kier molecular flexibility index (Phi) is 4.45. The van der Waals surface area contributed by atoms with E-state index in [1.54, 1.807) is 17.0 Å². The van der Waals surface area contributed by atoms with Crippen LogP contribution in [0.4, 0.5) is 10.1 Å². The molecule has 0 saturated carbocycles. The summed E-state index contributed by atoms with van der Waals surface area (Å²) in [6, 6.07) is 6.01. The molecule has 120 valence electrons. The van der Waals surface area contributed by atoms with Gasteiger partial charge in [-0.05, 0) is 49.9 Å². The van der Waals surface area contributed by atoms with Crippen molar-refractivity contribution in [1.82, 2.24) is 4.90 Å². The van der Waals surface area contributed by atoms with E-state index in [0.29, 0.717) is 18.8 Å². The molecule has 2 heterocycles. The average Bonchev–Trinajstić information content (AvgIpc) is 2.50. The van der Waals surface area contributed by atoms with E-state index in [1.165, 1.54) is 12.1 Å². The molecule has 2 aliphatic heterocycles. The lowest BCUT2D eigenvalue weighted by molar-refractivity contribution is -0.127. The van der Waals surface area contributed by atoms with E-state index in [-0.39, 0.29) is 29.8 Å². The number of nitrogens with zero attached hydrogens (tertiary/aromatic N) is 2. The molecule has 0 aromatic heterocycles. The Morgan fingerprint density at radius 1 is 1.27 bits per heavy atom. The molecule has 0 spiro atoms. The molecule has 0 radical (unpaired) electrons. The van der Waals surface area contributed by atoms with Crippen LogP contribution in [0.25, 0.3) is 0 Å². The highest BCUT2D eigenvalue weighted by atomic mass is 19.1. The van der Waals surface area contributed by atoms with Crippen molar-refractivity contribution in [2.24, 2.45) is 5.92 Å². The number of rotatable bonds is 2.